The van der Waals surface area contributed by atoms with Gasteiger partial charge in [0.1, 0.15) is 5.82 Å². The minimum Gasteiger partial charge on any atom is -0.385 e. The molecule has 0 aliphatic carbocycles. The van der Waals surface area contributed by atoms with E-state index in [9.17, 15) is 9.18 Å². The highest BCUT2D eigenvalue weighted by Crippen LogP contribution is 2.10. The Hall–Kier alpha value is -0.870. The van der Waals surface area contributed by atoms with Crippen molar-refractivity contribution in [2.45, 2.75) is 6.42 Å². The normalized spacial score (nSPS) is 10.4. The van der Waals surface area contributed by atoms with E-state index < -0.39 is 0 Å². The lowest BCUT2D eigenvalue weighted by atomic mass is 10.1. The Bertz CT molecular complexity index is 342. The van der Waals surface area contributed by atoms with E-state index in [0.717, 1.165) is 12.2 Å². The van der Waals surface area contributed by atoms with Crippen LogP contribution in [0, 0.1) is 5.82 Å². The van der Waals surface area contributed by atoms with Crippen LogP contribution in [0.4, 0.5) is 4.39 Å². The molecule has 4 heteroatoms. The summed E-state index contributed by atoms with van der Waals surface area (Å²) in [6.07, 6.45) is 0.928. The van der Waals surface area contributed by atoms with Gasteiger partial charge in [0, 0.05) is 19.3 Å². The van der Waals surface area contributed by atoms with Crippen LogP contribution in [-0.4, -0.2) is 31.0 Å². The van der Waals surface area contributed by atoms with E-state index in [1.165, 1.54) is 12.1 Å². The number of benzene rings is 1. The van der Waals surface area contributed by atoms with Crippen molar-refractivity contribution in [1.82, 2.24) is 0 Å². The molecular formula is C12H15FO2S. The van der Waals surface area contributed by atoms with Crippen LogP contribution in [0.25, 0.3) is 0 Å². The quantitative estimate of drug-likeness (QED) is 0.543. The van der Waals surface area contributed by atoms with Crippen LogP contribution in [0.5, 0.6) is 0 Å². The van der Waals surface area contributed by atoms with E-state index in [4.69, 9.17) is 4.74 Å². The van der Waals surface area contributed by atoms with Crippen molar-refractivity contribution in [2.75, 3.05) is 25.2 Å². The zero-order valence-corrected chi connectivity index (χ0v) is 10.1. The molecule has 16 heavy (non-hydrogen) atoms. The van der Waals surface area contributed by atoms with Crippen molar-refractivity contribution in [3.05, 3.63) is 35.6 Å². The topological polar surface area (TPSA) is 26.3 Å². The highest BCUT2D eigenvalue weighted by atomic mass is 32.2. The molecule has 0 radical (unpaired) electrons. The summed E-state index contributed by atoms with van der Waals surface area (Å²) in [4.78, 5) is 11.6. The Morgan fingerprint density at radius 2 is 2.31 bits per heavy atom. The van der Waals surface area contributed by atoms with Crippen molar-refractivity contribution in [3.63, 3.8) is 0 Å². The molecule has 0 saturated carbocycles. The van der Waals surface area contributed by atoms with Gasteiger partial charge in [-0.3, -0.25) is 4.79 Å². The van der Waals surface area contributed by atoms with Crippen molar-refractivity contribution in [2.24, 2.45) is 0 Å². The average Bonchev–Trinajstić information content (AvgIpc) is 2.28. The van der Waals surface area contributed by atoms with Crippen molar-refractivity contribution >= 4 is 17.5 Å². The Labute approximate surface area is 99.2 Å². The molecule has 0 amide bonds. The summed E-state index contributed by atoms with van der Waals surface area (Å²) in [5.74, 6) is 0.888. The number of carbonyl (C=O) groups excluding carboxylic acids is 1. The molecule has 0 fully saturated rings. The van der Waals surface area contributed by atoms with Gasteiger partial charge in [-0.2, -0.15) is 11.8 Å². The number of Topliss-reactive ketones (excluding diaryl/α,β-unsaturated/α-hetero) is 1. The molecule has 0 heterocycles. The van der Waals surface area contributed by atoms with Crippen molar-refractivity contribution in [1.29, 1.82) is 0 Å². The van der Waals surface area contributed by atoms with Gasteiger partial charge in [-0.1, -0.05) is 12.1 Å². The zero-order valence-electron chi connectivity index (χ0n) is 9.24. The Kier molecular flexibility index (Phi) is 6.11. The summed E-state index contributed by atoms with van der Waals surface area (Å²) in [6, 6.07) is 5.81. The number of halogens is 1. The van der Waals surface area contributed by atoms with Gasteiger partial charge < -0.3 is 4.74 Å². The third-order valence-electron chi connectivity index (χ3n) is 2.02. The number of methoxy groups -OCH3 is 1. The predicted octanol–water partition coefficient (Wildman–Crippen LogP) is 2.78. The Morgan fingerprint density at radius 1 is 1.50 bits per heavy atom. The van der Waals surface area contributed by atoms with E-state index in [-0.39, 0.29) is 11.6 Å². The van der Waals surface area contributed by atoms with Gasteiger partial charge in [-0.15, -0.1) is 0 Å². The monoisotopic (exact) mass is 242 g/mol. The molecule has 0 saturated heterocycles. The van der Waals surface area contributed by atoms with Crippen LogP contribution >= 0.6 is 11.8 Å². The summed E-state index contributed by atoms with van der Waals surface area (Å²) in [7, 11) is 1.66. The number of carbonyl (C=O) groups is 1. The lowest BCUT2D eigenvalue weighted by Gasteiger charge is -2.01. The summed E-state index contributed by atoms with van der Waals surface area (Å²) in [5, 5.41) is 0. The lowest BCUT2D eigenvalue weighted by Crippen LogP contribution is -2.03. The van der Waals surface area contributed by atoms with E-state index in [0.29, 0.717) is 17.9 Å². The van der Waals surface area contributed by atoms with E-state index in [1.807, 2.05) is 0 Å². The minimum atomic E-state index is -0.366. The van der Waals surface area contributed by atoms with Gasteiger partial charge in [-0.25, -0.2) is 4.39 Å². The maximum Gasteiger partial charge on any atom is 0.172 e. The molecule has 2 nitrogen and oxygen atoms in total. The molecule has 0 aromatic heterocycles. The highest BCUT2D eigenvalue weighted by molar-refractivity contribution is 7.99. The number of ether oxygens (including phenoxy) is 1. The average molecular weight is 242 g/mol. The maximum absolute atomic E-state index is 12.8. The van der Waals surface area contributed by atoms with Gasteiger partial charge in [0.2, 0.25) is 0 Å². The first-order chi connectivity index (χ1) is 7.74. The maximum atomic E-state index is 12.8. The summed E-state index contributed by atoms with van der Waals surface area (Å²) >= 11 is 1.55. The molecule has 0 aliphatic rings. The number of rotatable bonds is 7. The molecule has 0 atom stereocenters. The zero-order chi connectivity index (χ0) is 11.8. The fraction of sp³-hybridized carbons (Fsp3) is 0.417. The first kappa shape index (κ1) is 13.2. The summed E-state index contributed by atoms with van der Waals surface area (Å²) < 4.78 is 17.7. The second-order valence-corrected chi connectivity index (χ2v) is 4.44. The molecule has 88 valence electrons. The molecule has 0 aliphatic heterocycles. The first-order valence-corrected chi connectivity index (χ1v) is 6.25. The smallest absolute Gasteiger partial charge is 0.172 e. The van der Waals surface area contributed by atoms with Crippen LogP contribution in [0.1, 0.15) is 16.8 Å². The second-order valence-electron chi connectivity index (χ2n) is 3.33. The standard InChI is InChI=1S/C12H15FO2S/c1-15-6-3-7-16-9-12(14)10-4-2-5-11(13)8-10/h2,4-5,8H,3,6-7,9H2,1H3. The van der Waals surface area contributed by atoms with Crippen LogP contribution in [0.2, 0.25) is 0 Å². The highest BCUT2D eigenvalue weighted by Gasteiger charge is 2.06. The predicted molar refractivity (Wildman–Crippen MR) is 64.5 cm³/mol. The van der Waals surface area contributed by atoms with Crippen LogP contribution in [-0.2, 0) is 4.74 Å². The van der Waals surface area contributed by atoms with Crippen molar-refractivity contribution < 1.29 is 13.9 Å². The molecule has 0 N–H and O–H groups in total. The van der Waals surface area contributed by atoms with E-state index in [1.54, 1.807) is 31.0 Å². The van der Waals surface area contributed by atoms with Gasteiger partial charge in [0.15, 0.2) is 5.78 Å². The molecule has 1 aromatic carbocycles. The molecule has 0 bridgehead atoms. The second kappa shape index (κ2) is 7.41. The minimum absolute atomic E-state index is 0.0260. The van der Waals surface area contributed by atoms with Crippen LogP contribution in [0.15, 0.2) is 24.3 Å². The fourth-order valence-corrected chi connectivity index (χ4v) is 2.03. The molecular weight excluding hydrogens is 227 g/mol. The van der Waals surface area contributed by atoms with Gasteiger partial charge in [-0.05, 0) is 24.3 Å². The number of ketones is 1. The van der Waals surface area contributed by atoms with Gasteiger partial charge in [0.05, 0.1) is 5.75 Å². The summed E-state index contributed by atoms with van der Waals surface area (Å²) in [6.45, 7) is 0.709. The van der Waals surface area contributed by atoms with E-state index in [2.05, 4.69) is 0 Å². The molecule has 0 unspecified atom stereocenters. The van der Waals surface area contributed by atoms with E-state index >= 15 is 0 Å². The number of hydrogen-bond acceptors (Lipinski definition) is 3. The fourth-order valence-electron chi connectivity index (χ4n) is 1.22. The Morgan fingerprint density at radius 3 is 3.00 bits per heavy atom. The van der Waals surface area contributed by atoms with Crippen LogP contribution in [0.3, 0.4) is 0 Å². The van der Waals surface area contributed by atoms with Crippen LogP contribution < -0.4 is 0 Å². The third-order valence-corrected chi connectivity index (χ3v) is 3.06. The van der Waals surface area contributed by atoms with Gasteiger partial charge in [0.25, 0.3) is 0 Å². The lowest BCUT2D eigenvalue weighted by molar-refractivity contribution is 0.102. The molecule has 1 rings (SSSR count). The largest absolute Gasteiger partial charge is 0.385 e. The van der Waals surface area contributed by atoms with Gasteiger partial charge >= 0.3 is 0 Å². The molecule has 0 spiro atoms. The summed E-state index contributed by atoms with van der Waals surface area (Å²) in [5.41, 5.74) is 0.444. The number of thioether (sulfide) groups is 1. The van der Waals surface area contributed by atoms with Crippen molar-refractivity contribution in [3.8, 4) is 0 Å². The third kappa shape index (κ3) is 4.77. The first-order valence-electron chi connectivity index (χ1n) is 5.09. The SMILES string of the molecule is COCCCSCC(=O)c1cccc(F)c1. The Balaban J connectivity index is 2.30. The molecule has 1 aromatic rings. The number of hydrogen-bond donors (Lipinski definition) is 0.